The molecule has 0 aliphatic rings. The van der Waals surface area contributed by atoms with Gasteiger partial charge in [-0.1, -0.05) is 29.8 Å². The number of halogens is 1. The highest BCUT2D eigenvalue weighted by Crippen LogP contribution is 2.24. The summed E-state index contributed by atoms with van der Waals surface area (Å²) in [7, 11) is 0. The topological polar surface area (TPSA) is 24.5 Å². The normalized spacial score (nSPS) is 11.4. The van der Waals surface area contributed by atoms with E-state index in [0.29, 0.717) is 0 Å². The molecule has 0 unspecified atom stereocenters. The van der Waals surface area contributed by atoms with Gasteiger partial charge in [-0.25, -0.2) is 0 Å². The highest BCUT2D eigenvalue weighted by atomic mass is 79.9. The molecule has 4 heteroatoms. The van der Waals surface area contributed by atoms with Gasteiger partial charge in [0.1, 0.15) is 5.75 Å². The van der Waals surface area contributed by atoms with Gasteiger partial charge >= 0.3 is 0 Å². The zero-order valence-electron chi connectivity index (χ0n) is 13.8. The summed E-state index contributed by atoms with van der Waals surface area (Å²) >= 11 is 3.53. The lowest BCUT2D eigenvalue weighted by molar-refractivity contribution is 0.239. The minimum Gasteiger partial charge on any atom is -0.491 e. The summed E-state index contributed by atoms with van der Waals surface area (Å²) in [6.45, 7) is 13.9. The zero-order valence-corrected chi connectivity index (χ0v) is 15.4. The fraction of sp³-hybridized carbons (Fsp3) is 0.647. The molecule has 0 saturated carbocycles. The van der Waals surface area contributed by atoms with Crippen molar-refractivity contribution in [2.24, 2.45) is 0 Å². The molecule has 0 atom stereocenters. The van der Waals surface area contributed by atoms with Crippen molar-refractivity contribution in [1.29, 1.82) is 0 Å². The molecule has 120 valence electrons. The van der Waals surface area contributed by atoms with Crippen molar-refractivity contribution in [2.45, 2.75) is 46.8 Å². The summed E-state index contributed by atoms with van der Waals surface area (Å²) < 4.78 is 6.96. The number of nitrogens with zero attached hydrogens (tertiary/aromatic N) is 1. The van der Waals surface area contributed by atoms with Crippen LogP contribution in [-0.4, -0.2) is 37.2 Å². The number of ether oxygens (including phenoxy) is 1. The van der Waals surface area contributed by atoms with Crippen molar-refractivity contribution in [3.8, 4) is 5.75 Å². The SMILES string of the molecule is CCN(CC)CCCNCc1cc(Br)ccc1OC(C)C. The molecule has 0 amide bonds. The number of hydrogen-bond donors (Lipinski definition) is 1. The van der Waals surface area contributed by atoms with Crippen LogP contribution in [0.2, 0.25) is 0 Å². The highest BCUT2D eigenvalue weighted by molar-refractivity contribution is 9.10. The van der Waals surface area contributed by atoms with Gasteiger partial charge in [0, 0.05) is 16.6 Å². The van der Waals surface area contributed by atoms with E-state index in [-0.39, 0.29) is 6.10 Å². The average Bonchev–Trinajstić information content (AvgIpc) is 2.45. The minimum absolute atomic E-state index is 0.201. The van der Waals surface area contributed by atoms with Crippen LogP contribution in [0, 0.1) is 0 Å². The maximum Gasteiger partial charge on any atom is 0.124 e. The predicted molar refractivity (Wildman–Crippen MR) is 94.0 cm³/mol. The first-order valence-electron chi connectivity index (χ1n) is 7.95. The van der Waals surface area contributed by atoms with Gasteiger partial charge in [0.05, 0.1) is 6.10 Å². The van der Waals surface area contributed by atoms with Crippen LogP contribution in [0.3, 0.4) is 0 Å². The van der Waals surface area contributed by atoms with Crippen molar-refractivity contribution in [1.82, 2.24) is 10.2 Å². The molecule has 0 spiro atoms. The molecular weight excluding hydrogens is 328 g/mol. The Morgan fingerprint density at radius 2 is 1.95 bits per heavy atom. The van der Waals surface area contributed by atoms with Crippen molar-refractivity contribution in [2.75, 3.05) is 26.2 Å². The Kier molecular flexibility index (Phi) is 8.97. The van der Waals surface area contributed by atoms with E-state index < -0.39 is 0 Å². The van der Waals surface area contributed by atoms with Crippen LogP contribution in [0.15, 0.2) is 22.7 Å². The summed E-state index contributed by atoms with van der Waals surface area (Å²) in [5, 5.41) is 3.52. The molecule has 0 saturated heterocycles. The zero-order chi connectivity index (χ0) is 15.7. The van der Waals surface area contributed by atoms with Crippen LogP contribution in [0.25, 0.3) is 0 Å². The van der Waals surface area contributed by atoms with Crippen LogP contribution >= 0.6 is 15.9 Å². The quantitative estimate of drug-likeness (QED) is 0.639. The molecule has 0 fully saturated rings. The maximum absolute atomic E-state index is 5.86. The Morgan fingerprint density at radius 3 is 2.57 bits per heavy atom. The third kappa shape index (κ3) is 7.30. The molecule has 0 aromatic heterocycles. The summed E-state index contributed by atoms with van der Waals surface area (Å²) in [5.41, 5.74) is 1.21. The van der Waals surface area contributed by atoms with E-state index in [1.165, 1.54) is 12.0 Å². The molecule has 3 nitrogen and oxygen atoms in total. The van der Waals surface area contributed by atoms with E-state index in [0.717, 1.165) is 42.9 Å². The largest absolute Gasteiger partial charge is 0.491 e. The minimum atomic E-state index is 0.201. The second kappa shape index (κ2) is 10.2. The van der Waals surface area contributed by atoms with E-state index in [2.05, 4.69) is 59.9 Å². The number of hydrogen-bond acceptors (Lipinski definition) is 3. The van der Waals surface area contributed by atoms with Crippen LogP contribution in [-0.2, 0) is 6.54 Å². The lowest BCUT2D eigenvalue weighted by Crippen LogP contribution is -2.27. The van der Waals surface area contributed by atoms with Gasteiger partial charge in [-0.3, -0.25) is 0 Å². The first-order chi connectivity index (χ1) is 10.1. The molecular formula is C17H29BrN2O. The van der Waals surface area contributed by atoms with Gasteiger partial charge in [-0.05, 0) is 64.6 Å². The second-order valence-electron chi connectivity index (χ2n) is 5.48. The number of benzene rings is 1. The Bertz CT molecular complexity index is 406. The molecule has 21 heavy (non-hydrogen) atoms. The van der Waals surface area contributed by atoms with E-state index in [4.69, 9.17) is 4.74 Å². The second-order valence-corrected chi connectivity index (χ2v) is 6.39. The van der Waals surface area contributed by atoms with Gasteiger partial charge in [0.15, 0.2) is 0 Å². The van der Waals surface area contributed by atoms with E-state index in [9.17, 15) is 0 Å². The average molecular weight is 357 g/mol. The molecule has 0 radical (unpaired) electrons. The number of rotatable bonds is 10. The number of nitrogens with one attached hydrogen (secondary N) is 1. The van der Waals surface area contributed by atoms with Crippen LogP contribution < -0.4 is 10.1 Å². The smallest absolute Gasteiger partial charge is 0.124 e. The Labute approximate surface area is 138 Å². The van der Waals surface area contributed by atoms with Gasteiger partial charge in [0.2, 0.25) is 0 Å². The lowest BCUT2D eigenvalue weighted by atomic mass is 10.2. The van der Waals surface area contributed by atoms with E-state index in [1.807, 2.05) is 12.1 Å². The molecule has 1 rings (SSSR count). The van der Waals surface area contributed by atoms with Crippen LogP contribution in [0.1, 0.15) is 39.7 Å². The summed E-state index contributed by atoms with van der Waals surface area (Å²) in [6, 6.07) is 6.20. The Balaban J connectivity index is 2.42. The van der Waals surface area contributed by atoms with Crippen molar-refractivity contribution in [3.63, 3.8) is 0 Å². The van der Waals surface area contributed by atoms with Crippen molar-refractivity contribution in [3.05, 3.63) is 28.2 Å². The summed E-state index contributed by atoms with van der Waals surface area (Å²) in [4.78, 5) is 2.45. The van der Waals surface area contributed by atoms with E-state index in [1.54, 1.807) is 0 Å². The van der Waals surface area contributed by atoms with Crippen LogP contribution in [0.5, 0.6) is 5.75 Å². The molecule has 0 heterocycles. The van der Waals surface area contributed by atoms with Crippen molar-refractivity contribution >= 4 is 15.9 Å². The lowest BCUT2D eigenvalue weighted by Gasteiger charge is -2.18. The third-order valence-corrected chi connectivity index (χ3v) is 3.92. The van der Waals surface area contributed by atoms with Gasteiger partial charge in [0.25, 0.3) is 0 Å². The molecule has 1 N–H and O–H groups in total. The molecule has 1 aromatic carbocycles. The Hall–Kier alpha value is -0.580. The maximum atomic E-state index is 5.86. The molecule has 1 aromatic rings. The van der Waals surface area contributed by atoms with Gasteiger partial charge in [-0.2, -0.15) is 0 Å². The standard InChI is InChI=1S/C17H29BrN2O/c1-5-20(6-2)11-7-10-19-13-15-12-16(18)8-9-17(15)21-14(3)4/h8-9,12,14,19H,5-7,10-11,13H2,1-4H3. The Morgan fingerprint density at radius 1 is 1.24 bits per heavy atom. The summed E-state index contributed by atoms with van der Waals surface area (Å²) in [6.07, 6.45) is 1.38. The molecule has 0 aliphatic heterocycles. The predicted octanol–water partition coefficient (Wildman–Crippen LogP) is 4.06. The molecule has 0 bridgehead atoms. The first kappa shape index (κ1) is 18.5. The fourth-order valence-electron chi connectivity index (χ4n) is 2.25. The molecule has 0 aliphatic carbocycles. The highest BCUT2D eigenvalue weighted by Gasteiger charge is 2.06. The van der Waals surface area contributed by atoms with Crippen LogP contribution in [0.4, 0.5) is 0 Å². The third-order valence-electron chi connectivity index (χ3n) is 3.42. The van der Waals surface area contributed by atoms with Gasteiger partial charge < -0.3 is 15.0 Å². The monoisotopic (exact) mass is 356 g/mol. The summed E-state index contributed by atoms with van der Waals surface area (Å²) in [5.74, 6) is 0.976. The first-order valence-corrected chi connectivity index (χ1v) is 8.74. The van der Waals surface area contributed by atoms with Gasteiger partial charge in [-0.15, -0.1) is 0 Å². The van der Waals surface area contributed by atoms with Crippen molar-refractivity contribution < 1.29 is 4.74 Å². The fourth-order valence-corrected chi connectivity index (χ4v) is 2.65. The van der Waals surface area contributed by atoms with E-state index >= 15 is 0 Å².